The predicted molar refractivity (Wildman–Crippen MR) is 85.0 cm³/mol. The fourth-order valence-corrected chi connectivity index (χ4v) is 2.49. The Bertz CT molecular complexity index is 679. The van der Waals surface area contributed by atoms with Crippen molar-refractivity contribution in [2.75, 3.05) is 13.1 Å². The number of aryl methyl sites for hydroxylation is 1. The van der Waals surface area contributed by atoms with Gasteiger partial charge in [-0.15, -0.1) is 11.3 Å². The van der Waals surface area contributed by atoms with Crippen molar-refractivity contribution in [3.05, 3.63) is 46.0 Å². The number of carbonyl (C=O) groups excluding carboxylic acids is 3. The molecule has 2 aromatic heterocycles. The molecule has 23 heavy (non-hydrogen) atoms. The second-order valence-corrected chi connectivity index (χ2v) is 6.01. The van der Waals surface area contributed by atoms with Gasteiger partial charge in [0.25, 0.3) is 5.91 Å². The molecule has 122 valence electrons. The first kappa shape index (κ1) is 16.8. The van der Waals surface area contributed by atoms with Gasteiger partial charge in [-0.2, -0.15) is 0 Å². The van der Waals surface area contributed by atoms with Crippen LogP contribution in [0.1, 0.15) is 20.3 Å². The fourth-order valence-electron chi connectivity index (χ4n) is 1.71. The minimum Gasteiger partial charge on any atom is -0.467 e. The zero-order valence-corrected chi connectivity index (χ0v) is 13.4. The Hall–Kier alpha value is -2.61. The van der Waals surface area contributed by atoms with Crippen LogP contribution >= 0.6 is 11.3 Å². The molecule has 0 radical (unpaired) electrons. The Balaban J connectivity index is 1.62. The Morgan fingerprint density at radius 3 is 2.43 bits per heavy atom. The monoisotopic (exact) mass is 335 g/mol. The van der Waals surface area contributed by atoms with Gasteiger partial charge in [0.15, 0.2) is 0 Å². The molecule has 7 nitrogen and oxygen atoms in total. The standard InChI is InChI=1S/C15H17N3O4S/c1-10-4-5-12(23-10)15(21)18-9-14(20)17-8-13(19)16-7-11-3-2-6-22-11/h2-6H,7-9H2,1H3,(H,16,19)(H,17,20)(H,18,21). The van der Waals surface area contributed by atoms with Gasteiger partial charge in [-0.1, -0.05) is 0 Å². The summed E-state index contributed by atoms with van der Waals surface area (Å²) in [7, 11) is 0. The molecule has 0 atom stereocenters. The maximum atomic E-state index is 11.8. The molecular formula is C15H17N3O4S. The minimum atomic E-state index is -0.431. The number of nitrogens with one attached hydrogen (secondary N) is 3. The molecule has 0 saturated heterocycles. The van der Waals surface area contributed by atoms with Crippen molar-refractivity contribution >= 4 is 29.1 Å². The SMILES string of the molecule is Cc1ccc(C(=O)NCC(=O)NCC(=O)NCc2ccco2)s1. The molecule has 0 fully saturated rings. The molecule has 2 aromatic rings. The number of rotatable bonds is 7. The predicted octanol–water partition coefficient (Wildman–Crippen LogP) is 0.812. The summed E-state index contributed by atoms with van der Waals surface area (Å²) in [5.74, 6) is -0.446. The number of amides is 3. The molecular weight excluding hydrogens is 318 g/mol. The molecule has 3 N–H and O–H groups in total. The highest BCUT2D eigenvalue weighted by molar-refractivity contribution is 7.13. The van der Waals surface area contributed by atoms with Crippen LogP contribution in [-0.2, 0) is 16.1 Å². The normalized spacial score (nSPS) is 10.1. The van der Waals surface area contributed by atoms with Crippen LogP contribution in [0.5, 0.6) is 0 Å². The third kappa shape index (κ3) is 5.59. The smallest absolute Gasteiger partial charge is 0.261 e. The van der Waals surface area contributed by atoms with Gasteiger partial charge in [-0.05, 0) is 31.2 Å². The lowest BCUT2D eigenvalue weighted by Crippen LogP contribution is -2.41. The minimum absolute atomic E-state index is 0.159. The van der Waals surface area contributed by atoms with Crippen LogP contribution < -0.4 is 16.0 Å². The molecule has 0 aliphatic carbocycles. The molecule has 0 aliphatic heterocycles. The molecule has 8 heteroatoms. The first-order valence-corrected chi connectivity index (χ1v) is 7.76. The molecule has 0 bridgehead atoms. The van der Waals surface area contributed by atoms with Crippen molar-refractivity contribution in [2.24, 2.45) is 0 Å². The summed E-state index contributed by atoms with van der Waals surface area (Å²) in [6.07, 6.45) is 1.51. The van der Waals surface area contributed by atoms with Crippen molar-refractivity contribution in [1.29, 1.82) is 0 Å². The maximum absolute atomic E-state index is 11.8. The summed E-state index contributed by atoms with van der Waals surface area (Å²) >= 11 is 1.35. The van der Waals surface area contributed by atoms with Crippen molar-refractivity contribution in [1.82, 2.24) is 16.0 Å². The lowest BCUT2D eigenvalue weighted by atomic mass is 10.4. The van der Waals surface area contributed by atoms with E-state index in [2.05, 4.69) is 16.0 Å². The molecule has 0 spiro atoms. The van der Waals surface area contributed by atoms with Crippen LogP contribution in [0.2, 0.25) is 0 Å². The summed E-state index contributed by atoms with van der Waals surface area (Å²) in [4.78, 5) is 36.5. The number of hydrogen-bond donors (Lipinski definition) is 3. The highest BCUT2D eigenvalue weighted by Gasteiger charge is 2.10. The molecule has 0 aromatic carbocycles. The molecule has 0 saturated carbocycles. The summed E-state index contributed by atoms with van der Waals surface area (Å²) in [5.41, 5.74) is 0. The van der Waals surface area contributed by atoms with E-state index in [1.165, 1.54) is 17.6 Å². The number of thiophene rings is 1. The lowest BCUT2D eigenvalue weighted by molar-refractivity contribution is -0.125. The van der Waals surface area contributed by atoms with Gasteiger partial charge in [0.2, 0.25) is 11.8 Å². The zero-order valence-electron chi connectivity index (χ0n) is 12.5. The van der Waals surface area contributed by atoms with Gasteiger partial charge >= 0.3 is 0 Å². The van der Waals surface area contributed by atoms with E-state index >= 15 is 0 Å². The average molecular weight is 335 g/mol. The molecule has 2 heterocycles. The zero-order chi connectivity index (χ0) is 16.7. The molecule has 2 rings (SSSR count). The van der Waals surface area contributed by atoms with Crippen LogP contribution in [0, 0.1) is 6.92 Å². The summed E-state index contributed by atoms with van der Waals surface area (Å²) in [6.45, 7) is 1.82. The summed E-state index contributed by atoms with van der Waals surface area (Å²) in [6, 6.07) is 7.00. The Morgan fingerprint density at radius 1 is 1.04 bits per heavy atom. The van der Waals surface area contributed by atoms with Crippen molar-refractivity contribution in [3.8, 4) is 0 Å². The van der Waals surface area contributed by atoms with Gasteiger partial charge in [0.1, 0.15) is 5.76 Å². The van der Waals surface area contributed by atoms with Crippen molar-refractivity contribution < 1.29 is 18.8 Å². The molecule has 3 amide bonds. The van der Waals surface area contributed by atoms with Crippen molar-refractivity contribution in [3.63, 3.8) is 0 Å². The van der Waals surface area contributed by atoms with Gasteiger partial charge < -0.3 is 20.4 Å². The first-order valence-electron chi connectivity index (χ1n) is 6.95. The average Bonchev–Trinajstić information content (AvgIpc) is 3.19. The van der Waals surface area contributed by atoms with Crippen LogP contribution in [-0.4, -0.2) is 30.8 Å². The second-order valence-electron chi connectivity index (χ2n) is 4.73. The van der Waals surface area contributed by atoms with E-state index in [4.69, 9.17) is 4.42 Å². The van der Waals surface area contributed by atoms with Crippen LogP contribution in [0.25, 0.3) is 0 Å². The van der Waals surface area contributed by atoms with Crippen molar-refractivity contribution in [2.45, 2.75) is 13.5 Å². The Labute approximate surface area is 137 Å². The second kappa shape index (κ2) is 8.14. The maximum Gasteiger partial charge on any atom is 0.261 e. The largest absolute Gasteiger partial charge is 0.467 e. The Morgan fingerprint density at radius 2 is 1.78 bits per heavy atom. The topological polar surface area (TPSA) is 100 Å². The van der Waals surface area contributed by atoms with Gasteiger partial charge in [-0.25, -0.2) is 0 Å². The number of furan rings is 1. The number of hydrogen-bond acceptors (Lipinski definition) is 5. The number of carbonyl (C=O) groups is 3. The van der Waals surface area contributed by atoms with E-state index in [1.54, 1.807) is 18.2 Å². The van der Waals surface area contributed by atoms with E-state index in [1.807, 2.05) is 13.0 Å². The fraction of sp³-hybridized carbons (Fsp3) is 0.267. The Kier molecular flexibility index (Phi) is 5.93. The highest BCUT2D eigenvalue weighted by Crippen LogP contribution is 2.14. The third-order valence-electron chi connectivity index (χ3n) is 2.86. The van der Waals surface area contributed by atoms with Crippen LogP contribution in [0.3, 0.4) is 0 Å². The van der Waals surface area contributed by atoms with E-state index in [9.17, 15) is 14.4 Å². The van der Waals surface area contributed by atoms with Gasteiger partial charge in [0, 0.05) is 4.88 Å². The summed E-state index contributed by atoms with van der Waals surface area (Å²) in [5, 5.41) is 7.54. The van der Waals surface area contributed by atoms with Crippen LogP contribution in [0.15, 0.2) is 34.9 Å². The molecule has 0 unspecified atom stereocenters. The first-order chi connectivity index (χ1) is 11.0. The van der Waals surface area contributed by atoms with E-state index in [0.717, 1.165) is 4.88 Å². The highest BCUT2D eigenvalue weighted by atomic mass is 32.1. The van der Waals surface area contributed by atoms with E-state index < -0.39 is 5.91 Å². The quantitative estimate of drug-likeness (QED) is 0.697. The molecule has 0 aliphatic rings. The summed E-state index contributed by atoms with van der Waals surface area (Å²) < 4.78 is 5.07. The van der Waals surface area contributed by atoms with E-state index in [0.29, 0.717) is 10.6 Å². The lowest BCUT2D eigenvalue weighted by Gasteiger charge is -2.06. The van der Waals surface area contributed by atoms with Gasteiger partial charge in [-0.3, -0.25) is 14.4 Å². The van der Waals surface area contributed by atoms with Crippen LogP contribution in [0.4, 0.5) is 0 Å². The third-order valence-corrected chi connectivity index (χ3v) is 3.86. The van der Waals surface area contributed by atoms with Gasteiger partial charge in [0.05, 0.1) is 30.8 Å². The van der Waals surface area contributed by atoms with E-state index in [-0.39, 0.29) is 31.4 Å².